The summed E-state index contributed by atoms with van der Waals surface area (Å²) in [6, 6.07) is 0.362. The highest BCUT2D eigenvalue weighted by atomic mass is 16.2. The zero-order valence-electron chi connectivity index (χ0n) is 9.83. The molecule has 0 bridgehead atoms. The number of carbonyl (C=O) groups excluding carboxylic acids is 1. The predicted molar refractivity (Wildman–Crippen MR) is 61.0 cm³/mol. The summed E-state index contributed by atoms with van der Waals surface area (Å²) in [7, 11) is 3.66. The van der Waals surface area contributed by atoms with Crippen LogP contribution in [0, 0.1) is 5.92 Å². The van der Waals surface area contributed by atoms with Crippen molar-refractivity contribution in [2.24, 2.45) is 11.7 Å². The molecule has 0 aromatic carbocycles. The van der Waals surface area contributed by atoms with Crippen LogP contribution in [0.2, 0.25) is 0 Å². The van der Waals surface area contributed by atoms with E-state index in [0.29, 0.717) is 18.4 Å². The van der Waals surface area contributed by atoms with E-state index in [0.717, 1.165) is 19.3 Å². The van der Waals surface area contributed by atoms with Crippen molar-refractivity contribution >= 4 is 5.91 Å². The Balaban J connectivity index is 2.16. The maximum atomic E-state index is 11.4. The molecule has 1 amide bonds. The molecular formula is C11H23N3O. The normalized spacial score (nSPS) is 26.7. The van der Waals surface area contributed by atoms with Crippen molar-refractivity contribution in [2.45, 2.75) is 44.6 Å². The van der Waals surface area contributed by atoms with Gasteiger partial charge in [-0.2, -0.15) is 0 Å². The summed E-state index contributed by atoms with van der Waals surface area (Å²) < 4.78 is 0. The van der Waals surface area contributed by atoms with Gasteiger partial charge in [-0.25, -0.2) is 5.01 Å². The molecule has 1 aliphatic carbocycles. The lowest BCUT2D eigenvalue weighted by Crippen LogP contribution is -2.36. The summed E-state index contributed by atoms with van der Waals surface area (Å²) in [6.07, 6.45) is 6.31. The Kier molecular flexibility index (Phi) is 5.05. The first-order valence-electron chi connectivity index (χ1n) is 5.80. The van der Waals surface area contributed by atoms with Crippen LogP contribution >= 0.6 is 0 Å². The smallest absolute Gasteiger partial charge is 0.234 e. The Bertz CT molecular complexity index is 206. The lowest BCUT2D eigenvalue weighted by molar-refractivity contribution is -0.125. The van der Waals surface area contributed by atoms with Crippen molar-refractivity contribution in [2.75, 3.05) is 14.1 Å². The van der Waals surface area contributed by atoms with E-state index in [1.54, 1.807) is 5.01 Å². The minimum Gasteiger partial charge on any atom is -0.328 e. The molecule has 88 valence electrons. The first-order chi connectivity index (χ1) is 7.08. The monoisotopic (exact) mass is 213 g/mol. The summed E-state index contributed by atoms with van der Waals surface area (Å²) in [5.74, 6) is 0.765. The van der Waals surface area contributed by atoms with Gasteiger partial charge in [-0.3, -0.25) is 10.2 Å². The van der Waals surface area contributed by atoms with Crippen molar-refractivity contribution < 1.29 is 4.79 Å². The maximum Gasteiger partial charge on any atom is 0.234 e. The molecule has 1 rings (SSSR count). The van der Waals surface area contributed by atoms with E-state index in [4.69, 9.17) is 5.73 Å². The fourth-order valence-electron chi connectivity index (χ4n) is 2.24. The second-order valence-electron chi connectivity index (χ2n) is 4.76. The van der Waals surface area contributed by atoms with Gasteiger partial charge in [-0.1, -0.05) is 12.8 Å². The van der Waals surface area contributed by atoms with Crippen molar-refractivity contribution in [3.63, 3.8) is 0 Å². The van der Waals surface area contributed by atoms with E-state index in [2.05, 4.69) is 5.43 Å². The Hall–Kier alpha value is -0.610. The lowest BCUT2D eigenvalue weighted by Gasteiger charge is -2.26. The Labute approximate surface area is 92.2 Å². The van der Waals surface area contributed by atoms with Crippen LogP contribution in [0.25, 0.3) is 0 Å². The number of nitrogens with one attached hydrogen (secondary N) is 1. The van der Waals surface area contributed by atoms with Crippen LogP contribution in [-0.4, -0.2) is 31.1 Å². The zero-order valence-corrected chi connectivity index (χ0v) is 9.83. The van der Waals surface area contributed by atoms with Gasteiger partial charge >= 0.3 is 0 Å². The quantitative estimate of drug-likeness (QED) is 0.681. The van der Waals surface area contributed by atoms with Crippen LogP contribution in [0.15, 0.2) is 0 Å². The summed E-state index contributed by atoms with van der Waals surface area (Å²) in [4.78, 5) is 11.4. The topological polar surface area (TPSA) is 58.4 Å². The van der Waals surface area contributed by atoms with Crippen LogP contribution in [0.1, 0.15) is 38.5 Å². The van der Waals surface area contributed by atoms with Crippen LogP contribution < -0.4 is 11.2 Å². The molecule has 0 saturated heterocycles. The average Bonchev–Trinajstić information content (AvgIpc) is 2.14. The molecule has 3 N–H and O–H groups in total. The van der Waals surface area contributed by atoms with E-state index in [1.807, 2.05) is 14.1 Å². The molecule has 0 spiro atoms. The molecule has 1 aliphatic rings. The maximum absolute atomic E-state index is 11.4. The highest BCUT2D eigenvalue weighted by Gasteiger charge is 2.19. The third-order valence-corrected chi connectivity index (χ3v) is 2.95. The second-order valence-corrected chi connectivity index (χ2v) is 4.76. The van der Waals surface area contributed by atoms with Gasteiger partial charge in [0.25, 0.3) is 0 Å². The molecule has 1 saturated carbocycles. The molecule has 0 heterocycles. The van der Waals surface area contributed by atoms with Crippen molar-refractivity contribution in [1.29, 1.82) is 0 Å². The van der Waals surface area contributed by atoms with Crippen molar-refractivity contribution in [3.8, 4) is 0 Å². The molecule has 0 aliphatic heterocycles. The largest absolute Gasteiger partial charge is 0.328 e. The number of nitrogens with zero attached hydrogens (tertiary/aromatic N) is 1. The van der Waals surface area contributed by atoms with Gasteiger partial charge in [0.15, 0.2) is 0 Å². The molecule has 0 radical (unpaired) electrons. The van der Waals surface area contributed by atoms with E-state index in [-0.39, 0.29) is 5.91 Å². The fraction of sp³-hybridized carbons (Fsp3) is 0.909. The molecule has 4 nitrogen and oxygen atoms in total. The molecule has 4 heteroatoms. The Morgan fingerprint density at radius 2 is 2.20 bits per heavy atom. The molecule has 15 heavy (non-hydrogen) atoms. The first kappa shape index (κ1) is 12.5. The van der Waals surface area contributed by atoms with Gasteiger partial charge < -0.3 is 5.73 Å². The van der Waals surface area contributed by atoms with Gasteiger partial charge in [0.05, 0.1) is 0 Å². The van der Waals surface area contributed by atoms with Crippen molar-refractivity contribution in [3.05, 3.63) is 0 Å². The molecule has 0 aromatic heterocycles. The minimum absolute atomic E-state index is 0.110. The van der Waals surface area contributed by atoms with Gasteiger partial charge in [-0.15, -0.1) is 0 Å². The SMILES string of the molecule is CN(C)NC(=O)CCC1CCCC(N)C1. The van der Waals surface area contributed by atoms with Gasteiger partial charge in [0.1, 0.15) is 0 Å². The van der Waals surface area contributed by atoms with E-state index in [1.165, 1.54) is 12.8 Å². The molecule has 1 fully saturated rings. The summed E-state index contributed by atoms with van der Waals surface area (Å²) >= 11 is 0. The number of carbonyl (C=O) groups is 1. The summed E-state index contributed by atoms with van der Waals surface area (Å²) in [5.41, 5.74) is 8.66. The standard InChI is InChI=1S/C11H23N3O/c1-14(2)13-11(15)7-6-9-4-3-5-10(12)8-9/h9-10H,3-8,12H2,1-2H3,(H,13,15). The molecule has 2 atom stereocenters. The predicted octanol–water partition coefficient (Wildman–Crippen LogP) is 0.877. The molecular weight excluding hydrogens is 190 g/mol. The zero-order chi connectivity index (χ0) is 11.3. The number of rotatable bonds is 4. The van der Waals surface area contributed by atoms with E-state index in [9.17, 15) is 4.79 Å². The summed E-state index contributed by atoms with van der Waals surface area (Å²) in [6.45, 7) is 0. The highest BCUT2D eigenvalue weighted by Crippen LogP contribution is 2.26. The number of hydrogen-bond donors (Lipinski definition) is 2. The fourth-order valence-corrected chi connectivity index (χ4v) is 2.24. The lowest BCUT2D eigenvalue weighted by atomic mass is 9.83. The van der Waals surface area contributed by atoms with Crippen molar-refractivity contribution in [1.82, 2.24) is 10.4 Å². The van der Waals surface area contributed by atoms with Crippen LogP contribution in [0.3, 0.4) is 0 Å². The third-order valence-electron chi connectivity index (χ3n) is 2.95. The minimum atomic E-state index is 0.110. The molecule has 0 aromatic rings. The van der Waals surface area contributed by atoms with Crippen LogP contribution in [0.5, 0.6) is 0 Å². The third kappa shape index (κ3) is 5.14. The van der Waals surface area contributed by atoms with Gasteiger partial charge in [0, 0.05) is 26.6 Å². The second kappa shape index (κ2) is 6.08. The van der Waals surface area contributed by atoms with Crippen LogP contribution in [0.4, 0.5) is 0 Å². The van der Waals surface area contributed by atoms with Gasteiger partial charge in [0.2, 0.25) is 5.91 Å². The number of hydrazine groups is 1. The van der Waals surface area contributed by atoms with E-state index >= 15 is 0 Å². The number of amides is 1. The summed E-state index contributed by atoms with van der Waals surface area (Å²) in [5, 5.41) is 1.69. The number of nitrogens with two attached hydrogens (primary N) is 1. The van der Waals surface area contributed by atoms with Crippen LogP contribution in [-0.2, 0) is 4.79 Å². The Morgan fingerprint density at radius 3 is 2.80 bits per heavy atom. The highest BCUT2D eigenvalue weighted by molar-refractivity contribution is 5.75. The van der Waals surface area contributed by atoms with Gasteiger partial charge in [-0.05, 0) is 25.2 Å². The molecule has 2 unspecified atom stereocenters. The van der Waals surface area contributed by atoms with E-state index < -0.39 is 0 Å². The number of hydrogen-bond acceptors (Lipinski definition) is 3. The Morgan fingerprint density at radius 1 is 1.47 bits per heavy atom. The first-order valence-corrected chi connectivity index (χ1v) is 5.80. The average molecular weight is 213 g/mol.